The maximum absolute atomic E-state index is 12.5. The summed E-state index contributed by atoms with van der Waals surface area (Å²) in [6.45, 7) is 8.42. The second kappa shape index (κ2) is 6.04. The minimum Gasteiger partial charge on any atom is -0.384 e. The van der Waals surface area contributed by atoms with Gasteiger partial charge in [-0.15, -0.1) is 0 Å². The van der Waals surface area contributed by atoms with E-state index in [4.69, 9.17) is 5.73 Å². The molecule has 3 N–H and O–H groups in total. The second-order valence-corrected chi connectivity index (χ2v) is 7.26. The van der Waals surface area contributed by atoms with Gasteiger partial charge in [0.2, 0.25) is 0 Å². The van der Waals surface area contributed by atoms with Crippen LogP contribution in [0.15, 0.2) is 12.1 Å². The molecule has 4 heteroatoms. The highest BCUT2D eigenvalue weighted by Gasteiger charge is 2.24. The van der Waals surface area contributed by atoms with Gasteiger partial charge in [-0.05, 0) is 30.9 Å². The molecular weight excluding hydrogens is 262 g/mol. The molecule has 0 spiro atoms. The minimum atomic E-state index is -0.122. The number of hydrogen-bond donors (Lipinski definition) is 2. The van der Waals surface area contributed by atoms with Crippen LogP contribution in [0.2, 0.25) is 0 Å². The molecule has 116 valence electrons. The highest BCUT2D eigenvalue weighted by Crippen LogP contribution is 2.25. The summed E-state index contributed by atoms with van der Waals surface area (Å²) in [6, 6.07) is 3.80. The van der Waals surface area contributed by atoms with Gasteiger partial charge in [0.15, 0.2) is 0 Å². The molecule has 2 atom stereocenters. The van der Waals surface area contributed by atoms with Crippen molar-refractivity contribution >= 4 is 11.7 Å². The van der Waals surface area contributed by atoms with Crippen molar-refractivity contribution in [2.75, 3.05) is 5.73 Å². The van der Waals surface area contributed by atoms with Crippen molar-refractivity contribution < 1.29 is 4.79 Å². The number of hydrogen-bond acceptors (Lipinski definition) is 3. The zero-order valence-corrected chi connectivity index (χ0v) is 13.6. The fraction of sp³-hybridized carbons (Fsp3) is 0.647. The van der Waals surface area contributed by atoms with Gasteiger partial charge < -0.3 is 11.1 Å². The Balaban J connectivity index is 2.17. The number of nitrogens with two attached hydrogens (primary N) is 1. The topological polar surface area (TPSA) is 68.0 Å². The fourth-order valence-corrected chi connectivity index (χ4v) is 2.85. The van der Waals surface area contributed by atoms with Crippen LogP contribution in [0.5, 0.6) is 0 Å². The lowest BCUT2D eigenvalue weighted by molar-refractivity contribution is 0.0910. The Labute approximate surface area is 127 Å². The molecule has 1 saturated carbocycles. The molecule has 1 amide bonds. The van der Waals surface area contributed by atoms with Crippen LogP contribution in [-0.2, 0) is 5.41 Å². The van der Waals surface area contributed by atoms with E-state index >= 15 is 0 Å². The zero-order chi connectivity index (χ0) is 15.6. The van der Waals surface area contributed by atoms with Gasteiger partial charge in [-0.3, -0.25) is 4.79 Å². The predicted octanol–water partition coefficient (Wildman–Crippen LogP) is 3.27. The lowest BCUT2D eigenvalue weighted by atomic mass is 9.85. The van der Waals surface area contributed by atoms with Crippen molar-refractivity contribution in [3.05, 3.63) is 23.4 Å². The Morgan fingerprint density at radius 2 is 1.95 bits per heavy atom. The summed E-state index contributed by atoms with van der Waals surface area (Å²) in [6.07, 6.45) is 4.72. The lowest BCUT2D eigenvalue weighted by Crippen LogP contribution is -2.41. The van der Waals surface area contributed by atoms with E-state index in [9.17, 15) is 4.79 Å². The third kappa shape index (κ3) is 3.96. The van der Waals surface area contributed by atoms with Gasteiger partial charge in [-0.2, -0.15) is 0 Å². The summed E-state index contributed by atoms with van der Waals surface area (Å²) >= 11 is 0. The van der Waals surface area contributed by atoms with Gasteiger partial charge >= 0.3 is 0 Å². The summed E-state index contributed by atoms with van der Waals surface area (Å²) in [5.41, 5.74) is 7.21. The van der Waals surface area contributed by atoms with Gasteiger partial charge in [0.1, 0.15) is 5.82 Å². The molecule has 2 rings (SSSR count). The number of amides is 1. The SMILES string of the molecule is CC1CCCCC1NC(=O)c1cc(N)nc(C(C)(C)C)c1. The van der Waals surface area contributed by atoms with Crippen molar-refractivity contribution in [2.24, 2.45) is 5.92 Å². The van der Waals surface area contributed by atoms with Crippen LogP contribution < -0.4 is 11.1 Å². The van der Waals surface area contributed by atoms with E-state index in [1.165, 1.54) is 19.3 Å². The zero-order valence-electron chi connectivity index (χ0n) is 13.6. The molecule has 1 aliphatic rings. The quantitative estimate of drug-likeness (QED) is 0.878. The molecule has 4 nitrogen and oxygen atoms in total. The average molecular weight is 289 g/mol. The summed E-state index contributed by atoms with van der Waals surface area (Å²) in [4.78, 5) is 16.8. The number of carbonyl (C=O) groups excluding carboxylic acids is 1. The van der Waals surface area contributed by atoms with Gasteiger partial charge in [0, 0.05) is 22.7 Å². The number of aromatic nitrogens is 1. The molecule has 1 aliphatic carbocycles. The Hall–Kier alpha value is -1.58. The molecule has 1 fully saturated rings. The Morgan fingerprint density at radius 3 is 2.57 bits per heavy atom. The molecule has 0 aliphatic heterocycles. The third-order valence-corrected chi connectivity index (χ3v) is 4.30. The smallest absolute Gasteiger partial charge is 0.251 e. The van der Waals surface area contributed by atoms with Crippen LogP contribution in [0.4, 0.5) is 5.82 Å². The number of nitrogens with one attached hydrogen (secondary N) is 1. The Bertz CT molecular complexity index is 519. The monoisotopic (exact) mass is 289 g/mol. The minimum absolute atomic E-state index is 0.0339. The van der Waals surface area contributed by atoms with E-state index in [0.29, 0.717) is 17.3 Å². The maximum atomic E-state index is 12.5. The van der Waals surface area contributed by atoms with Crippen LogP contribution in [0.3, 0.4) is 0 Å². The van der Waals surface area contributed by atoms with Crippen LogP contribution in [0.1, 0.15) is 69.4 Å². The largest absolute Gasteiger partial charge is 0.384 e. The van der Waals surface area contributed by atoms with E-state index in [-0.39, 0.29) is 17.4 Å². The van der Waals surface area contributed by atoms with Gasteiger partial charge in [-0.25, -0.2) is 4.98 Å². The predicted molar refractivity (Wildman–Crippen MR) is 86.2 cm³/mol. The van der Waals surface area contributed by atoms with Gasteiger partial charge in [-0.1, -0.05) is 40.5 Å². The van der Waals surface area contributed by atoms with Crippen molar-refractivity contribution in [3.63, 3.8) is 0 Å². The van der Waals surface area contributed by atoms with Crippen molar-refractivity contribution in [3.8, 4) is 0 Å². The first-order valence-electron chi connectivity index (χ1n) is 7.86. The number of nitrogen functional groups attached to an aromatic ring is 1. The molecule has 1 aromatic rings. The molecule has 0 saturated heterocycles. The third-order valence-electron chi connectivity index (χ3n) is 4.30. The molecule has 0 radical (unpaired) electrons. The first-order valence-corrected chi connectivity index (χ1v) is 7.86. The van der Waals surface area contributed by atoms with E-state index in [2.05, 4.69) is 38.0 Å². The molecule has 1 heterocycles. The molecule has 2 unspecified atom stereocenters. The van der Waals surface area contributed by atoms with E-state index in [0.717, 1.165) is 12.1 Å². The summed E-state index contributed by atoms with van der Waals surface area (Å²) in [5.74, 6) is 0.918. The highest BCUT2D eigenvalue weighted by molar-refractivity contribution is 5.95. The first kappa shape index (κ1) is 15.8. The first-order chi connectivity index (χ1) is 9.77. The maximum Gasteiger partial charge on any atom is 0.251 e. The van der Waals surface area contributed by atoms with Crippen LogP contribution in [0.25, 0.3) is 0 Å². The summed E-state index contributed by atoms with van der Waals surface area (Å²) in [7, 11) is 0. The van der Waals surface area contributed by atoms with E-state index in [1.54, 1.807) is 6.07 Å². The van der Waals surface area contributed by atoms with Crippen LogP contribution in [-0.4, -0.2) is 16.9 Å². The second-order valence-electron chi connectivity index (χ2n) is 7.26. The number of pyridine rings is 1. The number of carbonyl (C=O) groups is 1. The Kier molecular flexibility index (Phi) is 4.55. The van der Waals surface area contributed by atoms with Crippen molar-refractivity contribution in [2.45, 2.75) is 64.8 Å². The number of rotatable bonds is 2. The van der Waals surface area contributed by atoms with Crippen LogP contribution >= 0.6 is 0 Å². The molecular formula is C17H27N3O. The Morgan fingerprint density at radius 1 is 1.29 bits per heavy atom. The highest BCUT2D eigenvalue weighted by atomic mass is 16.1. The van der Waals surface area contributed by atoms with E-state index in [1.807, 2.05) is 6.07 Å². The standard InChI is InChI=1S/C17H27N3O/c1-11-7-5-6-8-13(11)19-16(21)12-9-14(17(2,3)4)20-15(18)10-12/h9-11,13H,5-8H2,1-4H3,(H2,18,20)(H,19,21). The van der Waals surface area contributed by atoms with Gasteiger partial charge in [0.05, 0.1) is 0 Å². The normalized spacial score (nSPS) is 22.9. The van der Waals surface area contributed by atoms with Gasteiger partial charge in [0.25, 0.3) is 5.91 Å². The average Bonchev–Trinajstić information content (AvgIpc) is 2.39. The number of anilines is 1. The molecule has 0 bridgehead atoms. The summed E-state index contributed by atoms with van der Waals surface area (Å²) < 4.78 is 0. The fourth-order valence-electron chi connectivity index (χ4n) is 2.85. The van der Waals surface area contributed by atoms with Crippen LogP contribution in [0, 0.1) is 5.92 Å². The molecule has 1 aromatic heterocycles. The molecule has 21 heavy (non-hydrogen) atoms. The van der Waals surface area contributed by atoms with E-state index < -0.39 is 0 Å². The lowest BCUT2D eigenvalue weighted by Gasteiger charge is -2.29. The summed E-state index contributed by atoms with van der Waals surface area (Å²) in [5, 5.41) is 3.17. The molecule has 0 aromatic carbocycles. The van der Waals surface area contributed by atoms with Crippen molar-refractivity contribution in [1.82, 2.24) is 10.3 Å². The number of nitrogens with zero attached hydrogens (tertiary/aromatic N) is 1. The van der Waals surface area contributed by atoms with Crippen molar-refractivity contribution in [1.29, 1.82) is 0 Å².